The van der Waals surface area contributed by atoms with Crippen LogP contribution < -0.4 is 10.2 Å². The third-order valence-electron chi connectivity index (χ3n) is 4.15. The van der Waals surface area contributed by atoms with Gasteiger partial charge in [0.1, 0.15) is 19.6 Å². The molecule has 2 heterocycles. The molecule has 1 aliphatic rings. The second kappa shape index (κ2) is 9.45. The number of hydrogen-bond acceptors (Lipinski definition) is 5. The molecule has 2 aromatic rings. The highest BCUT2D eigenvalue weighted by molar-refractivity contribution is 7.99. The van der Waals surface area contributed by atoms with Gasteiger partial charge < -0.3 is 19.5 Å². The van der Waals surface area contributed by atoms with Crippen LogP contribution >= 0.6 is 46.6 Å². The van der Waals surface area contributed by atoms with E-state index in [0.717, 1.165) is 38.7 Å². The molecule has 11 heteroatoms. The molecule has 1 aromatic carbocycles. The lowest BCUT2D eigenvalue weighted by molar-refractivity contribution is -0.922. The second-order valence-electron chi connectivity index (χ2n) is 6.08. The molecule has 0 saturated carbocycles. The standard InChI is InChI=1S/C16H18Cl3N5O2S/c1-23-14(8-24-2-4-26-5-3-24)21-22-16(23)27-9-15(25)20-13-7-11(18)10(17)6-12(13)19/h6-7H,2-5,8-9H2,1H3,(H,20,25)/p+1. The van der Waals surface area contributed by atoms with E-state index in [4.69, 9.17) is 39.5 Å². The van der Waals surface area contributed by atoms with E-state index in [2.05, 4.69) is 15.5 Å². The van der Waals surface area contributed by atoms with E-state index in [1.54, 1.807) is 0 Å². The smallest absolute Gasteiger partial charge is 0.234 e. The van der Waals surface area contributed by atoms with Crippen LogP contribution in [0, 0.1) is 0 Å². The lowest BCUT2D eigenvalue weighted by atomic mass is 10.3. The minimum Gasteiger partial charge on any atom is -0.370 e. The Morgan fingerprint density at radius 3 is 2.67 bits per heavy atom. The monoisotopic (exact) mass is 450 g/mol. The molecule has 0 bridgehead atoms. The maximum Gasteiger partial charge on any atom is 0.234 e. The van der Waals surface area contributed by atoms with E-state index in [-0.39, 0.29) is 11.7 Å². The number of halogens is 3. The number of aromatic nitrogens is 3. The summed E-state index contributed by atoms with van der Waals surface area (Å²) in [5.74, 6) is 0.846. The second-order valence-corrected chi connectivity index (χ2v) is 8.24. The number of thioether (sulfide) groups is 1. The van der Waals surface area contributed by atoms with Crippen molar-refractivity contribution in [3.63, 3.8) is 0 Å². The highest BCUT2D eigenvalue weighted by Crippen LogP contribution is 2.32. The minimum absolute atomic E-state index is 0.174. The molecule has 2 N–H and O–H groups in total. The number of ether oxygens (including phenoxy) is 1. The van der Waals surface area contributed by atoms with Gasteiger partial charge in [0.15, 0.2) is 11.0 Å². The van der Waals surface area contributed by atoms with E-state index in [1.165, 1.54) is 28.8 Å². The third-order valence-corrected chi connectivity index (χ3v) is 6.20. The fourth-order valence-electron chi connectivity index (χ4n) is 2.62. The third kappa shape index (κ3) is 5.49. The molecule has 0 unspecified atom stereocenters. The number of amides is 1. The predicted octanol–water partition coefficient (Wildman–Crippen LogP) is 1.92. The van der Waals surface area contributed by atoms with Crippen molar-refractivity contribution in [2.24, 2.45) is 7.05 Å². The Kier molecular flexibility index (Phi) is 7.24. The van der Waals surface area contributed by atoms with E-state index in [0.29, 0.717) is 25.9 Å². The first-order valence-electron chi connectivity index (χ1n) is 8.31. The number of benzene rings is 1. The molecular formula is C16H19Cl3N5O2S+. The highest BCUT2D eigenvalue weighted by atomic mass is 35.5. The van der Waals surface area contributed by atoms with Gasteiger partial charge in [-0.2, -0.15) is 0 Å². The quantitative estimate of drug-likeness (QED) is 0.518. The van der Waals surface area contributed by atoms with Gasteiger partial charge in [-0.15, -0.1) is 10.2 Å². The van der Waals surface area contributed by atoms with Crippen LogP contribution in [0.3, 0.4) is 0 Å². The number of hydrogen-bond donors (Lipinski definition) is 2. The molecule has 0 spiro atoms. The number of quaternary nitrogens is 1. The van der Waals surface area contributed by atoms with Gasteiger partial charge in [0, 0.05) is 7.05 Å². The fraction of sp³-hybridized carbons (Fsp3) is 0.438. The number of nitrogens with one attached hydrogen (secondary N) is 2. The zero-order valence-corrected chi connectivity index (χ0v) is 17.7. The average molecular weight is 452 g/mol. The van der Waals surface area contributed by atoms with Crippen LogP contribution in [0.1, 0.15) is 5.82 Å². The minimum atomic E-state index is -0.219. The van der Waals surface area contributed by atoms with Gasteiger partial charge >= 0.3 is 0 Å². The summed E-state index contributed by atoms with van der Waals surface area (Å²) in [5, 5.41) is 12.9. The summed E-state index contributed by atoms with van der Waals surface area (Å²) >= 11 is 19.3. The van der Waals surface area contributed by atoms with Crippen LogP contribution in [0.25, 0.3) is 0 Å². The van der Waals surface area contributed by atoms with E-state index in [1.807, 2.05) is 11.6 Å². The summed E-state index contributed by atoms with van der Waals surface area (Å²) in [7, 11) is 1.91. The SMILES string of the molecule is Cn1c(C[NH+]2CCOCC2)nnc1SCC(=O)Nc1cc(Cl)c(Cl)cc1Cl. The van der Waals surface area contributed by atoms with Crippen LogP contribution in [-0.4, -0.2) is 52.7 Å². The van der Waals surface area contributed by atoms with Gasteiger partial charge in [-0.1, -0.05) is 46.6 Å². The lowest BCUT2D eigenvalue weighted by Crippen LogP contribution is -3.12. The Morgan fingerprint density at radius 2 is 1.93 bits per heavy atom. The van der Waals surface area contributed by atoms with Crippen LogP contribution in [0.4, 0.5) is 5.69 Å². The van der Waals surface area contributed by atoms with Crippen LogP contribution in [0.15, 0.2) is 17.3 Å². The normalized spacial score (nSPS) is 15.1. The molecular weight excluding hydrogens is 433 g/mol. The molecule has 0 atom stereocenters. The summed E-state index contributed by atoms with van der Waals surface area (Å²) in [6.45, 7) is 4.25. The van der Waals surface area contributed by atoms with Crippen LogP contribution in [0.2, 0.25) is 15.1 Å². The van der Waals surface area contributed by atoms with Crippen molar-refractivity contribution in [2.75, 3.05) is 37.4 Å². The maximum absolute atomic E-state index is 12.2. The van der Waals surface area contributed by atoms with Gasteiger partial charge in [0.25, 0.3) is 0 Å². The van der Waals surface area contributed by atoms with Crippen LogP contribution in [0.5, 0.6) is 0 Å². The van der Waals surface area contributed by atoms with Gasteiger partial charge in [-0.05, 0) is 12.1 Å². The van der Waals surface area contributed by atoms with E-state index < -0.39 is 0 Å². The molecule has 1 saturated heterocycles. The molecule has 7 nitrogen and oxygen atoms in total. The molecule has 1 amide bonds. The molecule has 0 radical (unpaired) electrons. The van der Waals surface area contributed by atoms with Gasteiger partial charge in [-0.3, -0.25) is 4.79 Å². The Hall–Kier alpha value is -1.03. The fourth-order valence-corrected chi connectivity index (χ4v) is 3.94. The van der Waals surface area contributed by atoms with Crippen molar-refractivity contribution in [2.45, 2.75) is 11.7 Å². The Balaban J connectivity index is 1.55. The van der Waals surface area contributed by atoms with Crippen molar-refractivity contribution < 1.29 is 14.4 Å². The molecule has 1 aliphatic heterocycles. The zero-order chi connectivity index (χ0) is 19.4. The van der Waals surface area contributed by atoms with Crippen LogP contribution in [-0.2, 0) is 23.1 Å². The average Bonchev–Trinajstić information content (AvgIpc) is 2.99. The Labute approximate surface area is 176 Å². The van der Waals surface area contributed by atoms with Gasteiger partial charge in [0.05, 0.1) is 39.7 Å². The number of nitrogens with zero attached hydrogens (tertiary/aromatic N) is 3. The number of anilines is 1. The molecule has 1 aromatic heterocycles. The predicted molar refractivity (Wildman–Crippen MR) is 107 cm³/mol. The van der Waals surface area contributed by atoms with Crippen molar-refractivity contribution in [3.8, 4) is 0 Å². The Morgan fingerprint density at radius 1 is 1.22 bits per heavy atom. The highest BCUT2D eigenvalue weighted by Gasteiger charge is 2.19. The molecule has 146 valence electrons. The van der Waals surface area contributed by atoms with E-state index >= 15 is 0 Å². The van der Waals surface area contributed by atoms with Gasteiger partial charge in [0.2, 0.25) is 5.91 Å². The Bertz CT molecular complexity index is 827. The topological polar surface area (TPSA) is 73.5 Å². The van der Waals surface area contributed by atoms with Crippen molar-refractivity contribution in [1.29, 1.82) is 0 Å². The van der Waals surface area contributed by atoms with E-state index in [9.17, 15) is 4.79 Å². The van der Waals surface area contributed by atoms with Gasteiger partial charge in [-0.25, -0.2) is 0 Å². The zero-order valence-electron chi connectivity index (χ0n) is 14.6. The summed E-state index contributed by atoms with van der Waals surface area (Å²) in [6.07, 6.45) is 0. The molecule has 1 fully saturated rings. The first kappa shape index (κ1) is 20.7. The lowest BCUT2D eigenvalue weighted by Gasteiger charge is -2.23. The largest absolute Gasteiger partial charge is 0.370 e. The van der Waals surface area contributed by atoms with Crippen molar-refractivity contribution in [1.82, 2.24) is 14.8 Å². The number of carbonyl (C=O) groups excluding carboxylic acids is 1. The van der Waals surface area contributed by atoms with Crippen molar-refractivity contribution >= 4 is 58.2 Å². The number of rotatable bonds is 6. The summed E-state index contributed by atoms with van der Waals surface area (Å²) in [6, 6.07) is 3.03. The molecule has 0 aliphatic carbocycles. The summed E-state index contributed by atoms with van der Waals surface area (Å²) < 4.78 is 7.29. The van der Waals surface area contributed by atoms with Crippen molar-refractivity contribution in [3.05, 3.63) is 33.0 Å². The summed E-state index contributed by atoms with van der Waals surface area (Å²) in [5.41, 5.74) is 0.422. The molecule has 3 rings (SSSR count). The number of morpholine rings is 1. The maximum atomic E-state index is 12.2. The molecule has 27 heavy (non-hydrogen) atoms. The number of carbonyl (C=O) groups is 1. The first-order chi connectivity index (χ1) is 12.9. The first-order valence-corrected chi connectivity index (χ1v) is 10.4. The summed E-state index contributed by atoms with van der Waals surface area (Å²) in [4.78, 5) is 13.6.